The Kier molecular flexibility index (Phi) is 11.7. The summed E-state index contributed by atoms with van der Waals surface area (Å²) in [5.74, 6) is -0.663. The number of imidazole rings is 1. The molecular formula is C43H43F2N8O4S-. The van der Waals surface area contributed by atoms with Gasteiger partial charge in [0, 0.05) is 60.2 Å². The summed E-state index contributed by atoms with van der Waals surface area (Å²) in [5.41, 5.74) is 4.48. The van der Waals surface area contributed by atoms with E-state index in [1.165, 1.54) is 6.07 Å². The van der Waals surface area contributed by atoms with Crippen molar-refractivity contribution in [3.8, 4) is 28.4 Å². The molecule has 0 aliphatic carbocycles. The average Bonchev–Trinajstić information content (AvgIpc) is 3.65. The molecule has 2 fully saturated rings. The lowest BCUT2D eigenvalue weighted by atomic mass is 9.91. The number of anilines is 4. The Morgan fingerprint density at radius 2 is 1.69 bits per heavy atom. The Labute approximate surface area is 337 Å². The fourth-order valence-electron chi connectivity index (χ4n) is 8.06. The van der Waals surface area contributed by atoms with Gasteiger partial charge in [-0.1, -0.05) is 35.3 Å². The maximum Gasteiger partial charge on any atom is 0.255 e. The van der Waals surface area contributed by atoms with Gasteiger partial charge in [-0.05, 0) is 106 Å². The molecule has 3 aromatic heterocycles. The van der Waals surface area contributed by atoms with E-state index in [2.05, 4.69) is 31.5 Å². The number of benzene rings is 3. The van der Waals surface area contributed by atoms with Crippen LogP contribution in [-0.4, -0.2) is 84.0 Å². The van der Waals surface area contributed by atoms with Crippen molar-refractivity contribution in [3.05, 3.63) is 115 Å². The number of halogens is 2. The molecule has 1 atom stereocenters. The number of aromatic nitrogens is 4. The number of amides is 1. The molecule has 300 valence electrons. The molecule has 0 spiro atoms. The predicted octanol–water partition coefficient (Wildman–Crippen LogP) is 7.69. The Morgan fingerprint density at radius 1 is 0.914 bits per heavy atom. The van der Waals surface area contributed by atoms with Gasteiger partial charge in [-0.25, -0.2) is 23.7 Å². The van der Waals surface area contributed by atoms with Crippen molar-refractivity contribution in [1.82, 2.24) is 24.3 Å². The molecule has 58 heavy (non-hydrogen) atoms. The molecule has 2 N–H and O–H groups in total. The minimum Gasteiger partial charge on any atom is -0.772 e. The molecule has 2 aliphatic rings. The van der Waals surface area contributed by atoms with Crippen molar-refractivity contribution in [2.45, 2.75) is 38.1 Å². The molecule has 1 amide bonds. The highest BCUT2D eigenvalue weighted by Gasteiger charge is 2.29. The third-order valence-corrected chi connectivity index (χ3v) is 11.7. The summed E-state index contributed by atoms with van der Waals surface area (Å²) in [6, 6.07) is 24.1. The summed E-state index contributed by atoms with van der Waals surface area (Å²) in [4.78, 5) is 32.5. The van der Waals surface area contributed by atoms with E-state index in [0.717, 1.165) is 76.1 Å². The zero-order valence-corrected chi connectivity index (χ0v) is 32.8. The van der Waals surface area contributed by atoms with E-state index in [4.69, 9.17) is 14.7 Å². The highest BCUT2D eigenvalue weighted by molar-refractivity contribution is 7.79. The maximum absolute atomic E-state index is 14.3. The molecule has 5 heterocycles. The number of piperidine rings is 2. The molecule has 1 unspecified atom stereocenters. The number of rotatable bonds is 12. The number of fused-ring (bicyclic) bond motifs is 1. The summed E-state index contributed by atoms with van der Waals surface area (Å²) in [5, 5.41) is 5.70. The molecular weight excluding hydrogens is 763 g/mol. The van der Waals surface area contributed by atoms with Crippen LogP contribution >= 0.6 is 0 Å². The van der Waals surface area contributed by atoms with Gasteiger partial charge in [-0.2, -0.15) is 0 Å². The number of hydrogen-bond acceptors (Lipinski definition) is 10. The molecule has 3 aromatic carbocycles. The lowest BCUT2D eigenvalue weighted by Gasteiger charge is -2.42. The van der Waals surface area contributed by atoms with Crippen LogP contribution in [0.2, 0.25) is 0 Å². The van der Waals surface area contributed by atoms with Gasteiger partial charge >= 0.3 is 0 Å². The van der Waals surface area contributed by atoms with Crippen LogP contribution in [0.5, 0.6) is 5.75 Å². The van der Waals surface area contributed by atoms with Gasteiger partial charge in [0.15, 0.2) is 0 Å². The Hall–Kier alpha value is -5.77. The lowest BCUT2D eigenvalue weighted by molar-refractivity contribution is 0.102. The van der Waals surface area contributed by atoms with E-state index in [0.29, 0.717) is 57.6 Å². The van der Waals surface area contributed by atoms with Crippen LogP contribution < -0.4 is 20.3 Å². The second kappa shape index (κ2) is 17.4. The third kappa shape index (κ3) is 8.56. The molecule has 12 nitrogen and oxygen atoms in total. The van der Waals surface area contributed by atoms with Crippen molar-refractivity contribution in [2.75, 3.05) is 54.6 Å². The highest BCUT2D eigenvalue weighted by atomic mass is 32.2. The number of pyridine rings is 1. The van der Waals surface area contributed by atoms with Crippen LogP contribution in [0.4, 0.5) is 31.8 Å². The number of carbonyl (C=O) groups excluding carboxylic acids is 1. The van der Waals surface area contributed by atoms with E-state index in [1.807, 2.05) is 47.0 Å². The summed E-state index contributed by atoms with van der Waals surface area (Å²) >= 11 is -1.96. The predicted molar refractivity (Wildman–Crippen MR) is 220 cm³/mol. The second-order valence-corrected chi connectivity index (χ2v) is 15.7. The van der Waals surface area contributed by atoms with E-state index >= 15 is 0 Å². The molecule has 0 bridgehead atoms. The Morgan fingerprint density at radius 3 is 2.45 bits per heavy atom. The van der Waals surface area contributed by atoms with Gasteiger partial charge in [0.1, 0.15) is 28.7 Å². The monoisotopic (exact) mass is 805 g/mol. The second-order valence-electron chi connectivity index (χ2n) is 14.6. The summed E-state index contributed by atoms with van der Waals surface area (Å²) < 4.78 is 58.4. The number of likely N-dealkylation sites (tertiary alicyclic amines) is 1. The zero-order chi connectivity index (χ0) is 40.2. The first-order valence-corrected chi connectivity index (χ1v) is 20.6. The van der Waals surface area contributed by atoms with Gasteiger partial charge < -0.3 is 29.7 Å². The summed E-state index contributed by atoms with van der Waals surface area (Å²) in [6.45, 7) is 3.93. The van der Waals surface area contributed by atoms with Gasteiger partial charge in [0.2, 0.25) is 5.95 Å². The number of nitrogens with one attached hydrogen (secondary N) is 2. The highest BCUT2D eigenvalue weighted by Crippen LogP contribution is 2.36. The van der Waals surface area contributed by atoms with E-state index in [-0.39, 0.29) is 11.3 Å². The van der Waals surface area contributed by atoms with Crippen LogP contribution in [0.15, 0.2) is 97.3 Å². The number of carbonyl (C=O) groups is 1. The van der Waals surface area contributed by atoms with Gasteiger partial charge in [0.25, 0.3) is 5.91 Å². The van der Waals surface area contributed by atoms with Crippen molar-refractivity contribution < 1.29 is 27.1 Å². The van der Waals surface area contributed by atoms with E-state index in [1.54, 1.807) is 37.6 Å². The minimum absolute atomic E-state index is 0.193. The van der Waals surface area contributed by atoms with Crippen molar-refractivity contribution in [3.63, 3.8) is 0 Å². The summed E-state index contributed by atoms with van der Waals surface area (Å²) in [6.07, 6.45) is 8.56. The number of nitrogens with zero attached hydrogens (tertiary/aromatic N) is 6. The van der Waals surface area contributed by atoms with Gasteiger partial charge in [-0.3, -0.25) is 13.4 Å². The van der Waals surface area contributed by atoms with Crippen molar-refractivity contribution in [1.29, 1.82) is 0 Å². The van der Waals surface area contributed by atoms with Crippen molar-refractivity contribution in [2.24, 2.45) is 5.92 Å². The Balaban J connectivity index is 0.981. The van der Waals surface area contributed by atoms with Crippen LogP contribution in [0, 0.1) is 17.6 Å². The number of hydrogen-bond donors (Lipinski definition) is 2. The van der Waals surface area contributed by atoms with E-state index < -0.39 is 34.3 Å². The van der Waals surface area contributed by atoms with Gasteiger partial charge in [0.05, 0.1) is 29.9 Å². The topological polar surface area (TPSA) is 140 Å². The molecule has 0 radical (unpaired) electrons. The number of ether oxygens (including phenoxy) is 1. The molecule has 0 saturated carbocycles. The fourth-order valence-corrected chi connectivity index (χ4v) is 8.59. The first kappa shape index (κ1) is 39.1. The van der Waals surface area contributed by atoms with Crippen LogP contribution in [0.3, 0.4) is 0 Å². The molecule has 2 saturated heterocycles. The van der Waals surface area contributed by atoms with Crippen LogP contribution in [0.1, 0.15) is 42.5 Å². The van der Waals surface area contributed by atoms with Crippen LogP contribution in [0.25, 0.3) is 28.3 Å². The van der Waals surface area contributed by atoms with Crippen LogP contribution in [-0.2, 0) is 11.1 Å². The van der Waals surface area contributed by atoms with E-state index in [9.17, 15) is 22.3 Å². The average molecular weight is 806 g/mol. The first-order chi connectivity index (χ1) is 28.2. The first-order valence-electron chi connectivity index (χ1n) is 19.4. The lowest BCUT2D eigenvalue weighted by Crippen LogP contribution is -2.47. The normalized spacial score (nSPS) is 16.0. The number of para-hydroxylation sites is 1. The third-order valence-electron chi connectivity index (χ3n) is 11.1. The quantitative estimate of drug-likeness (QED) is 0.118. The summed E-state index contributed by atoms with van der Waals surface area (Å²) in [7, 11) is 1.64. The SMILES string of the molecule is COc1cc(N2CCC(N3CCC(CCS(=O)[O-])CC3)CC2)ccc1Nc1nccc(-c2c(-c3cccc(C(=O)Nc4c(F)cccc4F)c3)nc3ccccn23)n1. The fraction of sp³-hybridized carbons (Fsp3) is 0.302. The smallest absolute Gasteiger partial charge is 0.255 e. The van der Waals surface area contributed by atoms with Gasteiger partial charge in [-0.15, -0.1) is 0 Å². The minimum atomic E-state index is -1.96. The standard InChI is InChI=1S/C43H44F2N8O4S/c1-57-37-27-32(52-23-16-31(17-24-52)51-21-14-28(15-22-51)18-25-58(55)56)11-12-35(37)47-43-46-19-13-36(48-43)41-39(49-38-10-2-3-20-53(38)41)29-6-4-7-30(26-29)42(54)50-40-33(44)8-5-9-34(40)45/h2-13,19-20,26-28,31H,14-18,21-25H2,1H3,(H,50,54)(H,55,56)(H,46,47,48)/p-1. The largest absolute Gasteiger partial charge is 0.772 e. The molecule has 2 aliphatic heterocycles. The maximum atomic E-state index is 14.3. The van der Waals surface area contributed by atoms with Crippen molar-refractivity contribution >= 4 is 45.6 Å². The molecule has 15 heteroatoms. The Bertz CT molecular complexity index is 2430. The number of methoxy groups -OCH3 is 1. The molecule has 8 rings (SSSR count). The molecule has 6 aromatic rings. The zero-order valence-electron chi connectivity index (χ0n) is 31.9.